The molecule has 0 bridgehead atoms. The third kappa shape index (κ3) is 1.67. The number of nitrogens with zero attached hydrogens (tertiary/aromatic N) is 2. The maximum absolute atomic E-state index is 13.6. The Morgan fingerprint density at radius 3 is 2.88 bits per heavy atom. The van der Waals surface area contributed by atoms with Crippen LogP contribution in [0.5, 0.6) is 0 Å². The Bertz CT molecular complexity index is 691. The van der Waals surface area contributed by atoms with Crippen LogP contribution in [0.2, 0.25) is 0 Å². The zero-order valence-corrected chi connectivity index (χ0v) is 9.14. The van der Waals surface area contributed by atoms with Gasteiger partial charge in [-0.3, -0.25) is 0 Å². The van der Waals surface area contributed by atoms with Crippen molar-refractivity contribution in [2.24, 2.45) is 0 Å². The molecule has 84 valence electrons. The summed E-state index contributed by atoms with van der Waals surface area (Å²) in [4.78, 5) is 8.34. The fraction of sp³-hybridized carbons (Fsp3) is 0.0769. The second-order valence-electron chi connectivity index (χ2n) is 3.84. The van der Waals surface area contributed by atoms with Crippen molar-refractivity contribution in [1.29, 1.82) is 0 Å². The Labute approximate surface area is 96.9 Å². The van der Waals surface area contributed by atoms with Gasteiger partial charge in [0.15, 0.2) is 0 Å². The van der Waals surface area contributed by atoms with Crippen molar-refractivity contribution in [3.8, 4) is 11.5 Å². The lowest BCUT2D eigenvalue weighted by Crippen LogP contribution is -1.82. The molecule has 0 saturated carbocycles. The van der Waals surface area contributed by atoms with Gasteiger partial charge < -0.3 is 4.42 Å². The Morgan fingerprint density at radius 2 is 2.06 bits per heavy atom. The predicted octanol–water partition coefficient (Wildman–Crippen LogP) is 3.34. The molecule has 3 aromatic rings. The average Bonchev–Trinajstić information content (AvgIpc) is 2.72. The van der Waals surface area contributed by atoms with E-state index in [4.69, 9.17) is 4.42 Å². The number of hydrogen-bond donors (Lipinski definition) is 0. The van der Waals surface area contributed by atoms with E-state index in [2.05, 4.69) is 9.97 Å². The van der Waals surface area contributed by atoms with E-state index >= 15 is 0 Å². The highest BCUT2D eigenvalue weighted by Crippen LogP contribution is 2.25. The first kappa shape index (κ1) is 9.96. The zero-order chi connectivity index (χ0) is 11.8. The van der Waals surface area contributed by atoms with Crippen LogP contribution in [-0.4, -0.2) is 9.97 Å². The minimum atomic E-state index is -0.351. The molecule has 0 aliphatic heterocycles. The Morgan fingerprint density at radius 1 is 1.24 bits per heavy atom. The quantitative estimate of drug-likeness (QED) is 0.641. The van der Waals surface area contributed by atoms with Crippen LogP contribution >= 0.6 is 0 Å². The summed E-state index contributed by atoms with van der Waals surface area (Å²) in [6, 6.07) is 8.24. The van der Waals surface area contributed by atoms with E-state index in [9.17, 15) is 4.39 Å². The fourth-order valence-electron chi connectivity index (χ4n) is 1.67. The van der Waals surface area contributed by atoms with Crippen molar-refractivity contribution >= 4 is 11.2 Å². The van der Waals surface area contributed by atoms with E-state index in [1.807, 2.05) is 13.0 Å². The lowest BCUT2D eigenvalue weighted by Gasteiger charge is -1.95. The summed E-state index contributed by atoms with van der Waals surface area (Å²) in [7, 11) is 0. The number of pyridine rings is 1. The van der Waals surface area contributed by atoms with E-state index in [-0.39, 0.29) is 11.7 Å². The fourth-order valence-corrected chi connectivity index (χ4v) is 1.67. The smallest absolute Gasteiger partial charge is 0.247 e. The highest BCUT2D eigenvalue weighted by molar-refractivity contribution is 5.73. The number of fused-ring (bicyclic) bond motifs is 1. The van der Waals surface area contributed by atoms with Crippen LogP contribution in [-0.2, 0) is 0 Å². The number of benzene rings is 1. The van der Waals surface area contributed by atoms with E-state index in [0.29, 0.717) is 16.8 Å². The molecule has 0 saturated heterocycles. The summed E-state index contributed by atoms with van der Waals surface area (Å²) in [6.07, 6.45) is 1.69. The molecule has 0 fully saturated rings. The molecule has 0 aliphatic rings. The summed E-state index contributed by atoms with van der Waals surface area (Å²) in [6.45, 7) is 1.92. The standard InChI is InChI=1S/C13H9FN2O/c1-8-6-11-13(15-7-8)17-12(16-11)9-4-2-3-5-10(9)14/h2-7H,1H3. The van der Waals surface area contributed by atoms with Gasteiger partial charge in [-0.2, -0.15) is 0 Å². The van der Waals surface area contributed by atoms with Crippen LogP contribution in [0.3, 0.4) is 0 Å². The average molecular weight is 228 g/mol. The first-order chi connectivity index (χ1) is 8.24. The van der Waals surface area contributed by atoms with Gasteiger partial charge in [0, 0.05) is 6.20 Å². The van der Waals surface area contributed by atoms with Crippen LogP contribution in [0.1, 0.15) is 5.56 Å². The summed E-state index contributed by atoms with van der Waals surface area (Å²) >= 11 is 0. The summed E-state index contributed by atoms with van der Waals surface area (Å²) in [5.41, 5.74) is 2.41. The zero-order valence-electron chi connectivity index (χ0n) is 9.14. The highest BCUT2D eigenvalue weighted by atomic mass is 19.1. The van der Waals surface area contributed by atoms with E-state index in [1.165, 1.54) is 6.07 Å². The summed E-state index contributed by atoms with van der Waals surface area (Å²) in [5, 5.41) is 0. The van der Waals surface area contributed by atoms with Gasteiger partial charge >= 0.3 is 0 Å². The Hall–Kier alpha value is -2.23. The molecule has 4 heteroatoms. The minimum absolute atomic E-state index is 0.260. The Kier molecular flexibility index (Phi) is 2.14. The third-order valence-electron chi connectivity index (χ3n) is 2.49. The molecular formula is C13H9FN2O. The number of hydrogen-bond acceptors (Lipinski definition) is 3. The van der Waals surface area contributed by atoms with Gasteiger partial charge in [-0.1, -0.05) is 12.1 Å². The molecular weight excluding hydrogens is 219 g/mol. The normalized spacial score (nSPS) is 10.9. The van der Waals surface area contributed by atoms with Crippen molar-refractivity contribution < 1.29 is 8.81 Å². The molecule has 17 heavy (non-hydrogen) atoms. The van der Waals surface area contributed by atoms with E-state index in [0.717, 1.165) is 5.56 Å². The van der Waals surface area contributed by atoms with Crippen molar-refractivity contribution in [2.75, 3.05) is 0 Å². The topological polar surface area (TPSA) is 38.9 Å². The molecule has 2 heterocycles. The first-order valence-corrected chi connectivity index (χ1v) is 5.22. The highest BCUT2D eigenvalue weighted by Gasteiger charge is 2.12. The van der Waals surface area contributed by atoms with Crippen LogP contribution in [0.15, 0.2) is 40.9 Å². The number of oxazole rings is 1. The SMILES string of the molecule is Cc1cnc2oc(-c3ccccc3F)nc2c1. The van der Waals surface area contributed by atoms with Crippen molar-refractivity contribution in [3.05, 3.63) is 47.9 Å². The largest absolute Gasteiger partial charge is 0.418 e. The predicted molar refractivity (Wildman–Crippen MR) is 61.9 cm³/mol. The summed E-state index contributed by atoms with van der Waals surface area (Å²) < 4.78 is 19.0. The van der Waals surface area contributed by atoms with Gasteiger partial charge in [-0.05, 0) is 30.7 Å². The molecule has 0 spiro atoms. The number of halogens is 1. The second-order valence-corrected chi connectivity index (χ2v) is 3.84. The van der Waals surface area contributed by atoms with Crippen LogP contribution in [0.25, 0.3) is 22.7 Å². The maximum atomic E-state index is 13.6. The van der Waals surface area contributed by atoms with Gasteiger partial charge in [0.05, 0.1) is 5.56 Å². The second kappa shape index (κ2) is 3.66. The summed E-state index contributed by atoms with van der Waals surface area (Å²) in [5.74, 6) is -0.0908. The lowest BCUT2D eigenvalue weighted by atomic mass is 10.2. The molecule has 2 aromatic heterocycles. The van der Waals surface area contributed by atoms with Gasteiger partial charge in [-0.15, -0.1) is 0 Å². The first-order valence-electron chi connectivity index (χ1n) is 5.22. The Balaban J connectivity index is 2.22. The molecule has 1 aromatic carbocycles. The van der Waals surface area contributed by atoms with Crippen molar-refractivity contribution in [3.63, 3.8) is 0 Å². The van der Waals surface area contributed by atoms with Gasteiger partial charge in [-0.25, -0.2) is 14.4 Å². The van der Waals surface area contributed by atoms with E-state index < -0.39 is 0 Å². The lowest BCUT2D eigenvalue weighted by molar-refractivity contribution is 0.586. The van der Waals surface area contributed by atoms with Crippen molar-refractivity contribution in [2.45, 2.75) is 6.92 Å². The van der Waals surface area contributed by atoms with Crippen LogP contribution in [0, 0.1) is 12.7 Å². The van der Waals surface area contributed by atoms with Gasteiger partial charge in [0.25, 0.3) is 0 Å². The van der Waals surface area contributed by atoms with Gasteiger partial charge in [0.2, 0.25) is 11.6 Å². The third-order valence-corrected chi connectivity index (χ3v) is 2.49. The van der Waals surface area contributed by atoms with E-state index in [1.54, 1.807) is 24.4 Å². The van der Waals surface area contributed by atoms with Gasteiger partial charge in [0.1, 0.15) is 11.3 Å². The molecule has 0 atom stereocenters. The number of rotatable bonds is 1. The molecule has 0 unspecified atom stereocenters. The van der Waals surface area contributed by atoms with Crippen LogP contribution in [0.4, 0.5) is 4.39 Å². The minimum Gasteiger partial charge on any atom is -0.418 e. The molecule has 3 rings (SSSR count). The molecule has 0 N–H and O–H groups in total. The number of aryl methyl sites for hydroxylation is 1. The molecule has 0 aliphatic carbocycles. The monoisotopic (exact) mass is 228 g/mol. The van der Waals surface area contributed by atoms with Crippen molar-refractivity contribution in [1.82, 2.24) is 9.97 Å². The molecule has 0 radical (unpaired) electrons. The number of aromatic nitrogens is 2. The molecule has 3 nitrogen and oxygen atoms in total. The van der Waals surface area contributed by atoms with Crippen LogP contribution < -0.4 is 0 Å². The maximum Gasteiger partial charge on any atom is 0.247 e. The molecule has 0 amide bonds.